The number of benzene rings is 2. The second-order valence-corrected chi connectivity index (χ2v) is 7.56. The summed E-state index contributed by atoms with van der Waals surface area (Å²) in [5.74, 6) is -2.28. The van der Waals surface area contributed by atoms with E-state index in [-0.39, 0.29) is 29.2 Å². The first-order chi connectivity index (χ1) is 12.4. The van der Waals surface area contributed by atoms with Gasteiger partial charge in [0.15, 0.2) is 0 Å². The molecule has 9 heteroatoms. The Morgan fingerprint density at radius 1 is 1.04 bits per heavy atom. The first kappa shape index (κ1) is 18.4. The van der Waals surface area contributed by atoms with Gasteiger partial charge >= 0.3 is 0 Å². The molecule has 0 aliphatic carbocycles. The fraction of sp³-hybridized carbons (Fsp3) is 0.235. The SMILES string of the molecule is O=C(Nc1ccc(F)cc1F)c1ccc(S(=O)(=O)N2CCOCC2)cc1. The Balaban J connectivity index is 1.75. The van der Waals surface area contributed by atoms with Crippen molar-refractivity contribution in [2.45, 2.75) is 4.90 Å². The number of nitrogens with one attached hydrogen (secondary N) is 1. The standard InChI is InChI=1S/C17H16F2N2O4S/c18-13-3-6-16(15(19)11-13)20-17(22)12-1-4-14(5-2-12)26(23,24)21-7-9-25-10-8-21/h1-6,11H,7-10H2,(H,20,22). The normalized spacial score (nSPS) is 15.6. The molecule has 0 atom stereocenters. The number of hydrogen-bond acceptors (Lipinski definition) is 4. The van der Waals surface area contributed by atoms with Gasteiger partial charge < -0.3 is 10.1 Å². The van der Waals surface area contributed by atoms with Crippen molar-refractivity contribution < 1.29 is 26.7 Å². The monoisotopic (exact) mass is 382 g/mol. The summed E-state index contributed by atoms with van der Waals surface area (Å²) >= 11 is 0. The number of carbonyl (C=O) groups excluding carboxylic acids is 1. The van der Waals surface area contributed by atoms with E-state index in [9.17, 15) is 22.0 Å². The third-order valence-corrected chi connectivity index (χ3v) is 5.82. The molecule has 0 spiro atoms. The van der Waals surface area contributed by atoms with Crippen molar-refractivity contribution in [2.24, 2.45) is 0 Å². The van der Waals surface area contributed by atoms with Gasteiger partial charge in [-0.2, -0.15) is 4.31 Å². The minimum Gasteiger partial charge on any atom is -0.379 e. The highest BCUT2D eigenvalue weighted by Gasteiger charge is 2.26. The van der Waals surface area contributed by atoms with E-state index < -0.39 is 27.6 Å². The number of sulfonamides is 1. The lowest BCUT2D eigenvalue weighted by Gasteiger charge is -2.26. The van der Waals surface area contributed by atoms with Crippen molar-refractivity contribution in [3.63, 3.8) is 0 Å². The van der Waals surface area contributed by atoms with Crippen LogP contribution in [0.5, 0.6) is 0 Å². The summed E-state index contributed by atoms with van der Waals surface area (Å²) in [4.78, 5) is 12.2. The smallest absolute Gasteiger partial charge is 0.255 e. The third kappa shape index (κ3) is 3.90. The number of rotatable bonds is 4. The Hall–Kier alpha value is -2.36. The molecule has 138 valence electrons. The van der Waals surface area contributed by atoms with Crippen molar-refractivity contribution in [2.75, 3.05) is 31.6 Å². The fourth-order valence-corrected chi connectivity index (χ4v) is 3.91. The van der Waals surface area contributed by atoms with Crippen LogP contribution in [0.1, 0.15) is 10.4 Å². The summed E-state index contributed by atoms with van der Waals surface area (Å²) in [5, 5.41) is 2.32. The van der Waals surface area contributed by atoms with Crippen LogP contribution in [0.25, 0.3) is 0 Å². The highest BCUT2D eigenvalue weighted by molar-refractivity contribution is 7.89. The maximum Gasteiger partial charge on any atom is 0.255 e. The molecular weight excluding hydrogens is 366 g/mol. The van der Waals surface area contributed by atoms with Gasteiger partial charge in [0, 0.05) is 24.7 Å². The number of halogens is 2. The van der Waals surface area contributed by atoms with E-state index in [1.165, 1.54) is 28.6 Å². The predicted molar refractivity (Wildman–Crippen MR) is 90.3 cm³/mol. The van der Waals surface area contributed by atoms with Crippen molar-refractivity contribution in [1.29, 1.82) is 0 Å². The Morgan fingerprint density at radius 2 is 1.69 bits per heavy atom. The summed E-state index contributed by atoms with van der Waals surface area (Å²) in [6.07, 6.45) is 0. The van der Waals surface area contributed by atoms with Gasteiger partial charge in [-0.15, -0.1) is 0 Å². The van der Waals surface area contributed by atoms with E-state index in [1.807, 2.05) is 0 Å². The Bertz CT molecular complexity index is 911. The molecule has 1 fully saturated rings. The van der Waals surface area contributed by atoms with Crippen LogP contribution in [-0.4, -0.2) is 44.9 Å². The van der Waals surface area contributed by atoms with Gasteiger partial charge in [0.1, 0.15) is 11.6 Å². The van der Waals surface area contributed by atoms with Crippen LogP contribution in [-0.2, 0) is 14.8 Å². The third-order valence-electron chi connectivity index (χ3n) is 3.90. The number of amides is 1. The molecular formula is C17H16F2N2O4S. The van der Waals surface area contributed by atoms with E-state index in [2.05, 4.69) is 5.32 Å². The molecule has 3 rings (SSSR count). The Morgan fingerprint density at radius 3 is 2.31 bits per heavy atom. The van der Waals surface area contributed by atoms with Crippen LogP contribution >= 0.6 is 0 Å². The molecule has 1 saturated heterocycles. The van der Waals surface area contributed by atoms with E-state index in [4.69, 9.17) is 4.74 Å². The lowest BCUT2D eigenvalue weighted by atomic mass is 10.2. The van der Waals surface area contributed by atoms with Crippen molar-refractivity contribution >= 4 is 21.6 Å². The summed E-state index contributed by atoms with van der Waals surface area (Å²) in [7, 11) is -3.65. The summed E-state index contributed by atoms with van der Waals surface area (Å²) < 4.78 is 58.0. The zero-order valence-electron chi connectivity index (χ0n) is 13.6. The highest BCUT2D eigenvalue weighted by atomic mass is 32.2. The van der Waals surface area contributed by atoms with Crippen LogP contribution in [0.4, 0.5) is 14.5 Å². The fourth-order valence-electron chi connectivity index (χ4n) is 2.50. The minimum absolute atomic E-state index is 0.0592. The highest BCUT2D eigenvalue weighted by Crippen LogP contribution is 2.19. The van der Waals surface area contributed by atoms with Gasteiger partial charge in [0.25, 0.3) is 5.91 Å². The number of nitrogens with zero attached hydrogens (tertiary/aromatic N) is 1. The molecule has 6 nitrogen and oxygen atoms in total. The number of ether oxygens (including phenoxy) is 1. The van der Waals surface area contributed by atoms with Gasteiger partial charge in [-0.25, -0.2) is 17.2 Å². The van der Waals surface area contributed by atoms with Crippen LogP contribution in [0.3, 0.4) is 0 Å². The molecule has 0 bridgehead atoms. The average Bonchev–Trinajstić information content (AvgIpc) is 2.65. The van der Waals surface area contributed by atoms with Gasteiger partial charge in [-0.1, -0.05) is 0 Å². The van der Waals surface area contributed by atoms with E-state index in [0.29, 0.717) is 19.3 Å². The Kier molecular flexibility index (Phi) is 5.30. The molecule has 0 radical (unpaired) electrons. The zero-order chi connectivity index (χ0) is 18.7. The van der Waals surface area contributed by atoms with Crippen molar-refractivity contribution in [3.05, 3.63) is 59.7 Å². The maximum absolute atomic E-state index is 13.6. The zero-order valence-corrected chi connectivity index (χ0v) is 14.4. The van der Waals surface area contributed by atoms with Gasteiger partial charge in [-0.05, 0) is 36.4 Å². The average molecular weight is 382 g/mol. The molecule has 2 aromatic rings. The van der Waals surface area contributed by atoms with Crippen LogP contribution < -0.4 is 5.32 Å². The molecule has 1 heterocycles. The van der Waals surface area contributed by atoms with Crippen LogP contribution in [0.2, 0.25) is 0 Å². The lowest BCUT2D eigenvalue weighted by Crippen LogP contribution is -2.40. The predicted octanol–water partition coefficient (Wildman–Crippen LogP) is 2.24. The molecule has 1 N–H and O–H groups in total. The van der Waals surface area contributed by atoms with Crippen molar-refractivity contribution in [1.82, 2.24) is 4.31 Å². The first-order valence-electron chi connectivity index (χ1n) is 7.82. The maximum atomic E-state index is 13.6. The number of hydrogen-bond donors (Lipinski definition) is 1. The second-order valence-electron chi connectivity index (χ2n) is 5.62. The van der Waals surface area contributed by atoms with Gasteiger partial charge in [0.05, 0.1) is 23.8 Å². The van der Waals surface area contributed by atoms with E-state index >= 15 is 0 Å². The number of morpholine rings is 1. The van der Waals surface area contributed by atoms with Crippen LogP contribution in [0.15, 0.2) is 47.4 Å². The molecule has 1 aliphatic heterocycles. The second kappa shape index (κ2) is 7.48. The minimum atomic E-state index is -3.65. The van der Waals surface area contributed by atoms with Gasteiger partial charge in [-0.3, -0.25) is 4.79 Å². The Labute approximate surface area is 149 Å². The van der Waals surface area contributed by atoms with E-state index in [1.54, 1.807) is 0 Å². The largest absolute Gasteiger partial charge is 0.379 e. The quantitative estimate of drug-likeness (QED) is 0.880. The molecule has 26 heavy (non-hydrogen) atoms. The first-order valence-corrected chi connectivity index (χ1v) is 9.26. The van der Waals surface area contributed by atoms with E-state index in [0.717, 1.165) is 12.1 Å². The molecule has 0 aromatic heterocycles. The molecule has 0 unspecified atom stereocenters. The summed E-state index contributed by atoms with van der Waals surface area (Å²) in [5.41, 5.74) is -0.0175. The topological polar surface area (TPSA) is 75.7 Å². The summed E-state index contributed by atoms with van der Waals surface area (Å²) in [6, 6.07) is 8.11. The lowest BCUT2D eigenvalue weighted by molar-refractivity contribution is 0.0730. The van der Waals surface area contributed by atoms with Crippen molar-refractivity contribution in [3.8, 4) is 0 Å². The molecule has 1 aliphatic rings. The van der Waals surface area contributed by atoms with Crippen LogP contribution in [0, 0.1) is 11.6 Å². The summed E-state index contributed by atoms with van der Waals surface area (Å²) in [6.45, 7) is 1.22. The molecule has 2 aromatic carbocycles. The van der Waals surface area contributed by atoms with Gasteiger partial charge in [0.2, 0.25) is 10.0 Å². The molecule has 1 amide bonds. The molecule has 0 saturated carbocycles. The number of anilines is 1. The number of carbonyl (C=O) groups is 1.